The van der Waals surface area contributed by atoms with Gasteiger partial charge in [-0.15, -0.1) is 0 Å². The van der Waals surface area contributed by atoms with Gasteiger partial charge in [0.2, 0.25) is 0 Å². The maximum atomic E-state index is 11.7. The average Bonchev–Trinajstić information content (AvgIpc) is 3.37. The Morgan fingerprint density at radius 2 is 1.63 bits per heavy atom. The normalized spacial score (nSPS) is 48.4. The van der Waals surface area contributed by atoms with Crippen LogP contribution < -0.4 is 0 Å². The Hall–Kier alpha value is -1.58. The summed E-state index contributed by atoms with van der Waals surface area (Å²) in [6.45, 7) is 7.86. The lowest BCUT2D eigenvalue weighted by Gasteiger charge is -2.58. The third kappa shape index (κ3) is 1.95. The molecule has 8 unspecified atom stereocenters. The van der Waals surface area contributed by atoms with E-state index in [-0.39, 0.29) is 10.8 Å². The minimum atomic E-state index is -0.888. The zero-order valence-corrected chi connectivity index (χ0v) is 16.0. The summed E-state index contributed by atoms with van der Waals surface area (Å²) < 4.78 is 0. The number of fused-ring (bicyclic) bond motifs is 12. The van der Waals surface area contributed by atoms with E-state index >= 15 is 0 Å². The van der Waals surface area contributed by atoms with Crippen LogP contribution >= 0.6 is 0 Å². The molecule has 2 N–H and O–H groups in total. The van der Waals surface area contributed by atoms with Gasteiger partial charge in [-0.05, 0) is 97.7 Å². The molecule has 5 aliphatic rings. The minimum absolute atomic E-state index is 0.0556. The van der Waals surface area contributed by atoms with Crippen LogP contribution in [0.4, 0.5) is 0 Å². The van der Waals surface area contributed by atoms with Crippen LogP contribution in [0, 0.1) is 46.3 Å². The van der Waals surface area contributed by atoms with Crippen molar-refractivity contribution in [1.29, 1.82) is 0 Å². The third-order valence-electron chi connectivity index (χ3n) is 9.76. The van der Waals surface area contributed by atoms with Crippen molar-refractivity contribution in [3.05, 3.63) is 24.3 Å². The summed E-state index contributed by atoms with van der Waals surface area (Å²) in [5, 5.41) is 19.3. The fourth-order valence-corrected chi connectivity index (χ4v) is 9.50. The topological polar surface area (TPSA) is 74.6 Å². The number of hydrogen-bond donors (Lipinski definition) is 2. The molecule has 0 spiro atoms. The molecule has 5 rings (SSSR count). The summed E-state index contributed by atoms with van der Waals surface area (Å²) in [5.74, 6) is 1.99. The van der Waals surface area contributed by atoms with E-state index < -0.39 is 11.9 Å². The molecule has 0 aromatic heterocycles. The van der Waals surface area contributed by atoms with Gasteiger partial charge in [-0.25, -0.2) is 9.59 Å². The molecule has 0 aliphatic heterocycles. The summed E-state index contributed by atoms with van der Waals surface area (Å²) in [5.41, 5.74) is 0.525. The first-order valence-corrected chi connectivity index (χ1v) is 10.6. The van der Waals surface area contributed by atoms with Crippen molar-refractivity contribution in [2.75, 3.05) is 0 Å². The zero-order valence-electron chi connectivity index (χ0n) is 16.0. The van der Waals surface area contributed by atoms with E-state index in [1.807, 2.05) is 0 Å². The van der Waals surface area contributed by atoms with Gasteiger partial charge in [0.15, 0.2) is 0 Å². The number of hydrogen-bond acceptors (Lipinski definition) is 2. The number of rotatable bonds is 6. The molecular formula is C23H30O4. The summed E-state index contributed by atoms with van der Waals surface area (Å²) >= 11 is 0. The molecule has 5 saturated carbocycles. The molecule has 27 heavy (non-hydrogen) atoms. The van der Waals surface area contributed by atoms with Crippen LogP contribution in [-0.2, 0) is 9.59 Å². The Kier molecular flexibility index (Phi) is 3.56. The molecule has 0 aromatic carbocycles. The lowest BCUT2D eigenvalue weighted by Crippen LogP contribution is -2.54. The van der Waals surface area contributed by atoms with E-state index in [1.165, 1.54) is 38.5 Å². The fourth-order valence-electron chi connectivity index (χ4n) is 9.50. The van der Waals surface area contributed by atoms with Crippen LogP contribution in [0.15, 0.2) is 24.3 Å². The lowest BCUT2D eigenvalue weighted by atomic mass is 9.45. The monoisotopic (exact) mass is 370 g/mol. The van der Waals surface area contributed by atoms with E-state index in [1.54, 1.807) is 0 Å². The molecule has 4 heteroatoms. The van der Waals surface area contributed by atoms with Crippen LogP contribution in [0.1, 0.15) is 57.8 Å². The van der Waals surface area contributed by atoms with Crippen molar-refractivity contribution in [3.8, 4) is 0 Å². The third-order valence-corrected chi connectivity index (χ3v) is 9.76. The second kappa shape index (κ2) is 5.48. The van der Waals surface area contributed by atoms with Gasteiger partial charge in [0, 0.05) is 11.1 Å². The number of carboxylic acids is 2. The summed E-state index contributed by atoms with van der Waals surface area (Å²) in [7, 11) is 0. The van der Waals surface area contributed by atoms with Crippen LogP contribution in [-0.4, -0.2) is 22.2 Å². The smallest absolute Gasteiger partial charge is 0.330 e. The Morgan fingerprint density at radius 3 is 2.33 bits per heavy atom. The van der Waals surface area contributed by atoms with Crippen molar-refractivity contribution in [2.24, 2.45) is 46.3 Å². The average molecular weight is 370 g/mol. The van der Waals surface area contributed by atoms with E-state index in [9.17, 15) is 19.8 Å². The van der Waals surface area contributed by atoms with Gasteiger partial charge >= 0.3 is 11.9 Å². The molecule has 0 radical (unpaired) electrons. The van der Waals surface area contributed by atoms with Crippen LogP contribution in [0.2, 0.25) is 0 Å². The van der Waals surface area contributed by atoms with Crippen LogP contribution in [0.25, 0.3) is 0 Å². The molecule has 5 aliphatic carbocycles. The number of aliphatic carboxylic acids is 2. The van der Waals surface area contributed by atoms with E-state index in [0.717, 1.165) is 12.3 Å². The highest BCUT2D eigenvalue weighted by Crippen LogP contribution is 2.85. The van der Waals surface area contributed by atoms with E-state index in [4.69, 9.17) is 0 Å². The molecule has 4 nitrogen and oxygen atoms in total. The Balaban J connectivity index is 1.65. The highest BCUT2D eigenvalue weighted by atomic mass is 16.4. The summed E-state index contributed by atoms with van der Waals surface area (Å²) in [4.78, 5) is 23.5. The molecule has 0 aromatic rings. The Labute approximate surface area is 160 Å². The largest absolute Gasteiger partial charge is 0.478 e. The van der Waals surface area contributed by atoms with Gasteiger partial charge in [0.05, 0.1) is 0 Å². The van der Waals surface area contributed by atoms with Gasteiger partial charge in [0.1, 0.15) is 0 Å². The first-order valence-electron chi connectivity index (χ1n) is 10.6. The van der Waals surface area contributed by atoms with Gasteiger partial charge in [-0.3, -0.25) is 0 Å². The van der Waals surface area contributed by atoms with Crippen molar-refractivity contribution in [1.82, 2.24) is 0 Å². The van der Waals surface area contributed by atoms with Crippen LogP contribution in [0.5, 0.6) is 0 Å². The Morgan fingerprint density at radius 1 is 0.926 bits per heavy atom. The number of carbonyl (C=O) groups is 2. The molecule has 0 heterocycles. The molecular weight excluding hydrogens is 340 g/mol. The predicted molar refractivity (Wildman–Crippen MR) is 101 cm³/mol. The van der Waals surface area contributed by atoms with Gasteiger partial charge in [0.25, 0.3) is 0 Å². The molecule has 146 valence electrons. The molecule has 5 fully saturated rings. The zero-order chi connectivity index (χ0) is 19.1. The first-order chi connectivity index (χ1) is 12.8. The molecule has 0 amide bonds. The molecule has 0 saturated heterocycles. The first kappa shape index (κ1) is 17.5. The van der Waals surface area contributed by atoms with Crippen molar-refractivity contribution < 1.29 is 19.8 Å². The van der Waals surface area contributed by atoms with Crippen molar-refractivity contribution in [3.63, 3.8) is 0 Å². The lowest BCUT2D eigenvalue weighted by molar-refractivity contribution is -0.138. The van der Waals surface area contributed by atoms with Gasteiger partial charge in [-0.2, -0.15) is 0 Å². The maximum absolute atomic E-state index is 11.7. The van der Waals surface area contributed by atoms with Crippen molar-refractivity contribution >= 4 is 11.9 Å². The summed E-state index contributed by atoms with van der Waals surface area (Å²) in [6.07, 6.45) is 9.58. The Bertz CT molecular complexity index is 753. The highest BCUT2D eigenvalue weighted by molar-refractivity contribution is 5.86. The van der Waals surface area contributed by atoms with E-state index in [2.05, 4.69) is 13.2 Å². The molecule has 4 bridgehead atoms. The predicted octanol–water partition coefficient (Wildman–Crippen LogP) is 4.52. The van der Waals surface area contributed by atoms with Gasteiger partial charge < -0.3 is 10.2 Å². The van der Waals surface area contributed by atoms with Gasteiger partial charge in [-0.1, -0.05) is 19.6 Å². The molecule has 8 atom stereocenters. The van der Waals surface area contributed by atoms with Crippen molar-refractivity contribution in [2.45, 2.75) is 57.8 Å². The van der Waals surface area contributed by atoms with E-state index in [0.29, 0.717) is 53.6 Å². The maximum Gasteiger partial charge on any atom is 0.330 e. The standard InChI is InChI=1S/C23H30O4/c1-12(20(24)25)9-22-11-17(16-4-3-5-18(16)22)19-14-6-7-15(8-14)23(19,22)10-13(2)21(26)27/h14-19H,1-11H2,(H,24,25)(H,26,27). The fraction of sp³-hybridized carbons (Fsp3) is 0.739. The second-order valence-electron chi connectivity index (χ2n) is 10.2. The summed E-state index contributed by atoms with van der Waals surface area (Å²) in [6, 6.07) is 0. The SMILES string of the molecule is C=C(CC12CC(C3CCCC31)C1C3CCC(C3)C12CC(=C)C(=O)O)C(=O)O. The second-order valence-corrected chi connectivity index (χ2v) is 10.2. The highest BCUT2D eigenvalue weighted by Gasteiger charge is 2.79. The van der Waals surface area contributed by atoms with Crippen LogP contribution in [0.3, 0.4) is 0 Å². The quantitative estimate of drug-likeness (QED) is 0.533. The minimum Gasteiger partial charge on any atom is -0.478 e. The number of carboxylic acid groups (broad SMARTS) is 2.